The molecule has 0 aliphatic carbocycles. The van der Waals surface area contributed by atoms with E-state index in [0.717, 1.165) is 45.0 Å². The molecule has 20 heavy (non-hydrogen) atoms. The van der Waals surface area contributed by atoms with Crippen molar-refractivity contribution in [2.75, 3.05) is 50.6 Å². The van der Waals surface area contributed by atoms with Crippen LogP contribution in [-0.2, 0) is 14.6 Å². The Balaban J connectivity index is 1.96. The Morgan fingerprint density at radius 1 is 1.40 bits per heavy atom. The molecule has 0 aromatic heterocycles. The van der Waals surface area contributed by atoms with E-state index in [4.69, 9.17) is 4.74 Å². The Kier molecular flexibility index (Phi) is 6.16. The lowest BCUT2D eigenvalue weighted by atomic mass is 10.0. The number of thioether (sulfide) groups is 1. The molecule has 0 spiro atoms. The van der Waals surface area contributed by atoms with Gasteiger partial charge in [0.15, 0.2) is 9.84 Å². The topological polar surface area (TPSA) is 58.6 Å². The lowest BCUT2D eigenvalue weighted by Crippen LogP contribution is -2.51. The van der Waals surface area contributed by atoms with Crippen LogP contribution in [0.15, 0.2) is 0 Å². The van der Waals surface area contributed by atoms with Gasteiger partial charge < -0.3 is 10.1 Å². The summed E-state index contributed by atoms with van der Waals surface area (Å²) in [5.74, 6) is 2.11. The van der Waals surface area contributed by atoms with Gasteiger partial charge in [0.1, 0.15) is 5.37 Å². The quantitative estimate of drug-likeness (QED) is 0.765. The van der Waals surface area contributed by atoms with Gasteiger partial charge >= 0.3 is 0 Å². The van der Waals surface area contributed by atoms with E-state index in [-0.39, 0.29) is 5.37 Å². The van der Waals surface area contributed by atoms with Gasteiger partial charge in [-0.3, -0.25) is 4.90 Å². The van der Waals surface area contributed by atoms with Gasteiger partial charge in [-0.15, -0.1) is 0 Å². The van der Waals surface area contributed by atoms with Crippen LogP contribution in [0, 0.1) is 5.92 Å². The maximum atomic E-state index is 11.9. The molecule has 118 valence electrons. The first-order valence-electron chi connectivity index (χ1n) is 7.34. The summed E-state index contributed by atoms with van der Waals surface area (Å²) in [6.45, 7) is 6.31. The lowest BCUT2D eigenvalue weighted by molar-refractivity contribution is 0.165. The van der Waals surface area contributed by atoms with Gasteiger partial charge in [0.25, 0.3) is 0 Å². The van der Waals surface area contributed by atoms with Crippen molar-refractivity contribution < 1.29 is 13.2 Å². The summed E-state index contributed by atoms with van der Waals surface area (Å²) in [6.07, 6.45) is 2.46. The molecule has 0 radical (unpaired) electrons. The van der Waals surface area contributed by atoms with Crippen molar-refractivity contribution in [3.8, 4) is 0 Å². The fourth-order valence-corrected chi connectivity index (χ4v) is 5.81. The molecule has 2 heterocycles. The summed E-state index contributed by atoms with van der Waals surface area (Å²) in [7, 11) is -3.01. The van der Waals surface area contributed by atoms with Crippen molar-refractivity contribution in [2.24, 2.45) is 5.92 Å². The van der Waals surface area contributed by atoms with Crippen LogP contribution in [0.4, 0.5) is 0 Å². The third-order valence-electron chi connectivity index (χ3n) is 4.01. The Bertz CT molecular complexity index is 402. The number of hydrogen-bond donors (Lipinski definition) is 1. The minimum Gasteiger partial charge on any atom is -0.379 e. The predicted molar refractivity (Wildman–Crippen MR) is 83.9 cm³/mol. The first kappa shape index (κ1) is 16.5. The third-order valence-corrected chi connectivity index (χ3v) is 6.70. The van der Waals surface area contributed by atoms with Crippen molar-refractivity contribution in [2.45, 2.75) is 24.8 Å². The van der Waals surface area contributed by atoms with Crippen molar-refractivity contribution in [3.05, 3.63) is 0 Å². The highest BCUT2D eigenvalue weighted by Crippen LogP contribution is 2.24. The zero-order valence-electron chi connectivity index (χ0n) is 12.4. The highest BCUT2D eigenvalue weighted by Gasteiger charge is 2.36. The summed E-state index contributed by atoms with van der Waals surface area (Å²) in [4.78, 5) is 2.14. The predicted octanol–water partition coefficient (Wildman–Crippen LogP) is 0.421. The molecule has 1 N–H and O–H groups in total. The highest BCUT2D eigenvalue weighted by molar-refractivity contribution is 8.00. The highest BCUT2D eigenvalue weighted by atomic mass is 32.2. The zero-order valence-corrected chi connectivity index (χ0v) is 14.0. The van der Waals surface area contributed by atoms with Gasteiger partial charge in [0, 0.05) is 42.8 Å². The fraction of sp³-hybridized carbons (Fsp3) is 1.00. The minimum absolute atomic E-state index is 0.325. The van der Waals surface area contributed by atoms with Crippen LogP contribution in [0.5, 0.6) is 0 Å². The van der Waals surface area contributed by atoms with E-state index < -0.39 is 9.84 Å². The first-order valence-corrected chi connectivity index (χ1v) is 10.4. The Morgan fingerprint density at radius 3 is 2.90 bits per heavy atom. The molecular weight excluding hydrogens is 296 g/mol. The number of hydrogen-bond acceptors (Lipinski definition) is 6. The molecule has 3 atom stereocenters. The standard InChI is InChI=1S/C13H26N2O3S2/c1-3-4-14-12-9-18-8-11(12)7-15-5-6-19-10-13(15)20(2,16)17/h11-14H,3-10H2,1-2H3. The first-order chi connectivity index (χ1) is 9.52. The second-order valence-electron chi connectivity index (χ2n) is 5.71. The Labute approximate surface area is 126 Å². The average molecular weight is 322 g/mol. The minimum atomic E-state index is -3.01. The largest absolute Gasteiger partial charge is 0.379 e. The molecule has 5 nitrogen and oxygen atoms in total. The van der Waals surface area contributed by atoms with E-state index in [1.165, 1.54) is 6.26 Å². The molecule has 3 unspecified atom stereocenters. The van der Waals surface area contributed by atoms with E-state index in [0.29, 0.717) is 17.7 Å². The molecule has 2 rings (SSSR count). The second-order valence-corrected chi connectivity index (χ2v) is 9.07. The molecule has 2 aliphatic heterocycles. The molecule has 2 saturated heterocycles. The van der Waals surface area contributed by atoms with Crippen LogP contribution in [0.1, 0.15) is 13.3 Å². The molecule has 2 fully saturated rings. The summed E-state index contributed by atoms with van der Waals surface area (Å²) >= 11 is 1.74. The summed E-state index contributed by atoms with van der Waals surface area (Å²) < 4.78 is 29.4. The molecule has 0 amide bonds. The number of nitrogens with zero attached hydrogens (tertiary/aromatic N) is 1. The zero-order chi connectivity index (χ0) is 14.6. The molecule has 0 aromatic rings. The van der Waals surface area contributed by atoms with Crippen LogP contribution in [0.25, 0.3) is 0 Å². The van der Waals surface area contributed by atoms with Crippen LogP contribution < -0.4 is 5.32 Å². The second kappa shape index (κ2) is 7.45. The maximum Gasteiger partial charge on any atom is 0.164 e. The normalized spacial score (nSPS) is 32.6. The molecule has 2 aliphatic rings. The van der Waals surface area contributed by atoms with Crippen molar-refractivity contribution in [1.82, 2.24) is 10.2 Å². The lowest BCUT2D eigenvalue weighted by Gasteiger charge is -2.36. The van der Waals surface area contributed by atoms with E-state index in [1.807, 2.05) is 0 Å². The third kappa shape index (κ3) is 4.34. The number of rotatable bonds is 6. The molecule has 7 heteroatoms. The Hall–Kier alpha value is 0.180. The van der Waals surface area contributed by atoms with Crippen molar-refractivity contribution in [3.63, 3.8) is 0 Å². The fourth-order valence-electron chi connectivity index (χ4n) is 2.85. The van der Waals surface area contributed by atoms with Crippen LogP contribution in [0.3, 0.4) is 0 Å². The van der Waals surface area contributed by atoms with Crippen LogP contribution >= 0.6 is 11.8 Å². The van der Waals surface area contributed by atoms with Crippen LogP contribution in [-0.4, -0.2) is 75.3 Å². The van der Waals surface area contributed by atoms with Crippen LogP contribution in [0.2, 0.25) is 0 Å². The molecule has 0 saturated carbocycles. The maximum absolute atomic E-state index is 11.9. The van der Waals surface area contributed by atoms with E-state index in [1.54, 1.807) is 11.8 Å². The summed E-state index contributed by atoms with van der Waals surface area (Å²) in [5.41, 5.74) is 0. The number of nitrogens with one attached hydrogen (secondary N) is 1. The molecule has 0 aromatic carbocycles. The van der Waals surface area contributed by atoms with Gasteiger partial charge in [-0.25, -0.2) is 8.42 Å². The van der Waals surface area contributed by atoms with Crippen molar-refractivity contribution in [1.29, 1.82) is 0 Å². The molecule has 0 bridgehead atoms. The number of sulfone groups is 1. The Morgan fingerprint density at radius 2 is 2.20 bits per heavy atom. The van der Waals surface area contributed by atoms with Crippen molar-refractivity contribution >= 4 is 21.6 Å². The molecular formula is C13H26N2O3S2. The van der Waals surface area contributed by atoms with E-state index in [2.05, 4.69) is 17.1 Å². The monoisotopic (exact) mass is 322 g/mol. The van der Waals surface area contributed by atoms with Gasteiger partial charge in [0.05, 0.1) is 13.2 Å². The smallest absolute Gasteiger partial charge is 0.164 e. The average Bonchev–Trinajstić information content (AvgIpc) is 2.83. The van der Waals surface area contributed by atoms with Gasteiger partial charge in [-0.2, -0.15) is 11.8 Å². The van der Waals surface area contributed by atoms with Gasteiger partial charge in [0.2, 0.25) is 0 Å². The van der Waals surface area contributed by atoms with E-state index in [9.17, 15) is 8.42 Å². The van der Waals surface area contributed by atoms with Gasteiger partial charge in [-0.1, -0.05) is 6.92 Å². The van der Waals surface area contributed by atoms with E-state index >= 15 is 0 Å². The number of ether oxygens (including phenoxy) is 1. The SMILES string of the molecule is CCCNC1COCC1CN1CCSCC1S(C)(=O)=O. The van der Waals surface area contributed by atoms with Gasteiger partial charge in [-0.05, 0) is 13.0 Å². The summed E-state index contributed by atoms with van der Waals surface area (Å²) in [6, 6.07) is 0.365. The summed E-state index contributed by atoms with van der Waals surface area (Å²) in [5, 5.41) is 3.19.